The van der Waals surface area contributed by atoms with Crippen molar-refractivity contribution in [3.63, 3.8) is 0 Å². The first-order chi connectivity index (χ1) is 11.2. The van der Waals surface area contributed by atoms with Gasteiger partial charge in [0, 0.05) is 23.6 Å². The maximum Gasteiger partial charge on any atom is 0.205 e. The summed E-state index contributed by atoms with van der Waals surface area (Å²) in [7, 11) is 1.75. The number of nitrogens with zero attached hydrogens (tertiary/aromatic N) is 3. The Bertz CT molecular complexity index is 911. The molecule has 6 heteroatoms. The van der Waals surface area contributed by atoms with E-state index in [4.69, 9.17) is 23.2 Å². The summed E-state index contributed by atoms with van der Waals surface area (Å²) in [5.74, 6) is 0. The molecule has 0 N–H and O–H groups in total. The van der Waals surface area contributed by atoms with Crippen molar-refractivity contribution in [2.24, 2.45) is 10.1 Å². The van der Waals surface area contributed by atoms with E-state index in [1.54, 1.807) is 24.0 Å². The summed E-state index contributed by atoms with van der Waals surface area (Å²) in [6.45, 7) is 0. The molecule has 3 rings (SSSR count). The smallest absolute Gasteiger partial charge is 0.205 e. The monoisotopic (exact) mass is 361 g/mol. The Labute approximate surface area is 148 Å². The predicted molar refractivity (Wildman–Crippen MR) is 98.7 cm³/mol. The third kappa shape index (κ3) is 3.39. The second-order valence-corrected chi connectivity index (χ2v) is 6.31. The molecule has 0 radical (unpaired) electrons. The van der Waals surface area contributed by atoms with Gasteiger partial charge >= 0.3 is 0 Å². The van der Waals surface area contributed by atoms with Crippen LogP contribution in [-0.4, -0.2) is 17.9 Å². The Hall–Kier alpha value is -1.88. The highest BCUT2D eigenvalue weighted by Crippen LogP contribution is 2.24. The van der Waals surface area contributed by atoms with Crippen LogP contribution in [0.5, 0.6) is 0 Å². The van der Waals surface area contributed by atoms with Gasteiger partial charge in [0.2, 0.25) is 4.80 Å². The topological polar surface area (TPSA) is 29.6 Å². The maximum absolute atomic E-state index is 6.21. The fourth-order valence-corrected chi connectivity index (χ4v) is 3.27. The van der Waals surface area contributed by atoms with Crippen molar-refractivity contribution in [2.75, 3.05) is 7.05 Å². The highest BCUT2D eigenvalue weighted by atomic mass is 35.5. The minimum Gasteiger partial charge on any atom is -0.261 e. The van der Waals surface area contributed by atoms with Gasteiger partial charge in [0.05, 0.1) is 22.0 Å². The first-order valence-corrected chi connectivity index (χ1v) is 8.51. The maximum atomic E-state index is 6.21. The average molecular weight is 362 g/mol. The zero-order chi connectivity index (χ0) is 16.2. The lowest BCUT2D eigenvalue weighted by Crippen LogP contribution is -2.11. The lowest BCUT2D eigenvalue weighted by Gasteiger charge is -2.04. The average Bonchev–Trinajstić information content (AvgIpc) is 3.00. The van der Waals surface area contributed by atoms with E-state index in [0.717, 1.165) is 21.6 Å². The number of hydrogen-bond acceptors (Lipinski definition) is 3. The highest BCUT2D eigenvalue weighted by molar-refractivity contribution is 7.07. The molecule has 0 atom stereocenters. The van der Waals surface area contributed by atoms with Crippen LogP contribution in [0.2, 0.25) is 10.0 Å². The molecule has 1 aromatic heterocycles. The van der Waals surface area contributed by atoms with Crippen LogP contribution in [-0.2, 0) is 0 Å². The van der Waals surface area contributed by atoms with E-state index in [-0.39, 0.29) is 0 Å². The van der Waals surface area contributed by atoms with Gasteiger partial charge in [0.25, 0.3) is 0 Å². The summed E-state index contributed by atoms with van der Waals surface area (Å²) in [4.78, 5) is 5.08. The number of rotatable bonds is 3. The van der Waals surface area contributed by atoms with Gasteiger partial charge in [-0.05, 0) is 6.07 Å². The molecule has 1 heterocycles. The van der Waals surface area contributed by atoms with Crippen molar-refractivity contribution in [3.05, 3.63) is 74.3 Å². The van der Waals surface area contributed by atoms with Crippen LogP contribution in [0.3, 0.4) is 0 Å². The van der Waals surface area contributed by atoms with Crippen molar-refractivity contribution in [3.8, 4) is 11.3 Å². The molecule has 0 unspecified atom stereocenters. The molecular formula is C17H13Cl2N3S. The third-order valence-corrected chi connectivity index (χ3v) is 4.98. The Morgan fingerprint density at radius 2 is 1.83 bits per heavy atom. The minimum absolute atomic E-state index is 0.491. The molecule has 23 heavy (non-hydrogen) atoms. The van der Waals surface area contributed by atoms with Crippen LogP contribution in [0.4, 0.5) is 0 Å². The van der Waals surface area contributed by atoms with Gasteiger partial charge in [0.1, 0.15) is 0 Å². The molecule has 116 valence electrons. The Morgan fingerprint density at radius 1 is 1.04 bits per heavy atom. The number of thiazole rings is 1. The highest BCUT2D eigenvalue weighted by Gasteiger charge is 2.07. The number of hydrogen-bond donors (Lipinski definition) is 0. The summed E-state index contributed by atoms with van der Waals surface area (Å²) in [6.07, 6.45) is 1.70. The van der Waals surface area contributed by atoms with Crippen LogP contribution in [0.15, 0.2) is 64.0 Å². The number of aromatic nitrogens is 1. The van der Waals surface area contributed by atoms with Crippen LogP contribution < -0.4 is 4.80 Å². The van der Waals surface area contributed by atoms with Gasteiger partial charge in [-0.15, -0.1) is 11.3 Å². The van der Waals surface area contributed by atoms with Crippen molar-refractivity contribution < 1.29 is 0 Å². The van der Waals surface area contributed by atoms with Crippen LogP contribution >= 0.6 is 34.5 Å². The lowest BCUT2D eigenvalue weighted by molar-refractivity contribution is 0.848. The summed E-state index contributed by atoms with van der Waals surface area (Å²) in [5, 5.41) is 7.59. The Morgan fingerprint density at radius 3 is 2.57 bits per heavy atom. The molecule has 0 saturated carbocycles. The molecule has 3 aromatic rings. The third-order valence-electron chi connectivity index (χ3n) is 3.24. The van der Waals surface area contributed by atoms with Gasteiger partial charge in [-0.1, -0.05) is 65.7 Å². The minimum atomic E-state index is 0.491. The van der Waals surface area contributed by atoms with E-state index in [1.807, 2.05) is 47.8 Å². The second-order valence-electron chi connectivity index (χ2n) is 4.69. The van der Waals surface area contributed by atoms with E-state index in [9.17, 15) is 0 Å². The molecule has 0 aliphatic heterocycles. The van der Waals surface area contributed by atoms with Crippen LogP contribution in [0.1, 0.15) is 5.56 Å². The molecule has 2 aromatic carbocycles. The standard InChI is InChI=1S/C17H13Cl2N3S/c1-20-17-22(15(11-23-17)12-6-3-2-4-7-12)21-10-13-8-5-9-14(18)16(13)19/h2-11H,1H3. The fraction of sp³-hybridized carbons (Fsp3) is 0.0588. The number of benzene rings is 2. The second kappa shape index (κ2) is 7.13. The van der Waals surface area contributed by atoms with Crippen molar-refractivity contribution >= 4 is 40.8 Å². The normalized spacial score (nSPS) is 12.2. The summed E-state index contributed by atoms with van der Waals surface area (Å²) in [6, 6.07) is 15.5. The molecule has 0 spiro atoms. The van der Waals surface area contributed by atoms with E-state index in [1.165, 1.54) is 11.3 Å². The molecule has 0 amide bonds. The molecule has 3 nitrogen and oxygen atoms in total. The van der Waals surface area contributed by atoms with Crippen molar-refractivity contribution in [2.45, 2.75) is 0 Å². The zero-order valence-corrected chi connectivity index (χ0v) is 14.6. The van der Waals surface area contributed by atoms with Gasteiger partial charge in [-0.3, -0.25) is 4.99 Å². The summed E-state index contributed by atoms with van der Waals surface area (Å²) >= 11 is 13.8. The number of halogens is 2. The van der Waals surface area contributed by atoms with E-state index >= 15 is 0 Å². The molecule has 0 aliphatic carbocycles. The van der Waals surface area contributed by atoms with Gasteiger partial charge in [-0.2, -0.15) is 5.10 Å². The molecule has 0 bridgehead atoms. The first kappa shape index (κ1) is 16.0. The van der Waals surface area contributed by atoms with Crippen molar-refractivity contribution in [1.82, 2.24) is 4.68 Å². The summed E-state index contributed by atoms with van der Waals surface area (Å²) in [5.41, 5.74) is 2.82. The predicted octanol–water partition coefficient (Wildman–Crippen LogP) is 4.94. The lowest BCUT2D eigenvalue weighted by atomic mass is 10.2. The zero-order valence-electron chi connectivity index (χ0n) is 12.3. The Kier molecular flexibility index (Phi) is 4.96. The van der Waals surface area contributed by atoms with Crippen LogP contribution in [0, 0.1) is 0 Å². The largest absolute Gasteiger partial charge is 0.261 e. The Balaban J connectivity index is 2.08. The molecule has 0 saturated heterocycles. The van der Waals surface area contributed by atoms with Gasteiger partial charge in [-0.25, -0.2) is 4.68 Å². The molecule has 0 aliphatic rings. The molecular weight excluding hydrogens is 349 g/mol. The fourth-order valence-electron chi connectivity index (χ4n) is 2.11. The van der Waals surface area contributed by atoms with Crippen LogP contribution in [0.25, 0.3) is 11.3 Å². The quantitative estimate of drug-likeness (QED) is 0.591. The van der Waals surface area contributed by atoms with Gasteiger partial charge < -0.3 is 0 Å². The van der Waals surface area contributed by atoms with Crippen molar-refractivity contribution in [1.29, 1.82) is 0 Å². The first-order valence-electron chi connectivity index (χ1n) is 6.88. The summed E-state index contributed by atoms with van der Waals surface area (Å²) < 4.78 is 1.80. The van der Waals surface area contributed by atoms with Gasteiger partial charge in [0.15, 0.2) is 0 Å². The molecule has 0 fully saturated rings. The van der Waals surface area contributed by atoms with E-state index < -0.39 is 0 Å². The van der Waals surface area contributed by atoms with E-state index in [0.29, 0.717) is 10.0 Å². The van der Waals surface area contributed by atoms with E-state index in [2.05, 4.69) is 10.1 Å². The SMILES string of the molecule is CN=c1scc(-c2ccccc2)n1N=Cc1cccc(Cl)c1Cl.